The zero-order valence-corrected chi connectivity index (χ0v) is 9.87. The zero-order chi connectivity index (χ0) is 11.5. The molecule has 0 aliphatic rings. The number of hydrogen-bond acceptors (Lipinski definition) is 3. The lowest BCUT2D eigenvalue weighted by atomic mass is 10.1. The first-order valence-electron chi connectivity index (χ1n) is 5.20. The quantitative estimate of drug-likeness (QED) is 0.802. The number of phenols is 1. The van der Waals surface area contributed by atoms with Crippen LogP contribution in [0.25, 0.3) is 10.8 Å². The van der Waals surface area contributed by atoms with Crippen molar-refractivity contribution >= 4 is 22.5 Å². The number of thioether (sulfide) groups is 1. The fraction of sp³-hybridized carbons (Fsp3) is 0.231. The van der Waals surface area contributed by atoms with Crippen LogP contribution in [0, 0.1) is 0 Å². The van der Waals surface area contributed by atoms with Crippen molar-refractivity contribution < 1.29 is 10.2 Å². The molecule has 0 heterocycles. The number of benzene rings is 2. The van der Waals surface area contributed by atoms with Gasteiger partial charge in [0.1, 0.15) is 5.75 Å². The molecule has 0 radical (unpaired) electrons. The van der Waals surface area contributed by atoms with Gasteiger partial charge in [-0.15, -0.1) is 11.8 Å². The molecule has 0 aliphatic heterocycles. The summed E-state index contributed by atoms with van der Waals surface area (Å²) in [6, 6.07) is 11.3. The number of aliphatic hydroxyl groups excluding tert-OH is 1. The highest BCUT2D eigenvalue weighted by Crippen LogP contribution is 2.33. The van der Waals surface area contributed by atoms with Crippen LogP contribution in [0.1, 0.15) is 6.92 Å². The van der Waals surface area contributed by atoms with Gasteiger partial charge in [0.25, 0.3) is 0 Å². The van der Waals surface area contributed by atoms with Crippen LogP contribution in [-0.4, -0.2) is 22.1 Å². The highest BCUT2D eigenvalue weighted by atomic mass is 32.2. The Bertz CT molecular complexity index is 494. The van der Waals surface area contributed by atoms with E-state index in [0.29, 0.717) is 11.5 Å². The molecule has 3 heteroatoms. The van der Waals surface area contributed by atoms with E-state index in [1.807, 2.05) is 30.3 Å². The predicted octanol–water partition coefficient (Wildman–Crippen LogP) is 3.02. The molecule has 0 fully saturated rings. The number of aromatic hydroxyl groups is 1. The van der Waals surface area contributed by atoms with Gasteiger partial charge < -0.3 is 10.2 Å². The van der Waals surface area contributed by atoms with E-state index < -0.39 is 0 Å². The smallest absolute Gasteiger partial charge is 0.123 e. The molecule has 2 aromatic rings. The number of rotatable bonds is 3. The average Bonchev–Trinajstić information content (AvgIpc) is 2.28. The molecular weight excluding hydrogens is 220 g/mol. The molecule has 0 saturated heterocycles. The number of fused-ring (bicyclic) bond motifs is 1. The first-order chi connectivity index (χ1) is 7.68. The van der Waals surface area contributed by atoms with Gasteiger partial charge in [0.15, 0.2) is 0 Å². The van der Waals surface area contributed by atoms with Gasteiger partial charge in [-0.25, -0.2) is 0 Å². The number of hydrogen-bond donors (Lipinski definition) is 2. The van der Waals surface area contributed by atoms with Crippen LogP contribution in [-0.2, 0) is 0 Å². The minimum atomic E-state index is -0.322. The third kappa shape index (κ3) is 2.31. The van der Waals surface area contributed by atoms with Crippen molar-refractivity contribution in [2.45, 2.75) is 17.9 Å². The topological polar surface area (TPSA) is 40.5 Å². The van der Waals surface area contributed by atoms with Gasteiger partial charge in [0, 0.05) is 16.0 Å². The zero-order valence-electron chi connectivity index (χ0n) is 9.05. The summed E-state index contributed by atoms with van der Waals surface area (Å²) in [6.07, 6.45) is -0.322. The third-order valence-corrected chi connectivity index (χ3v) is 3.66. The molecule has 2 aromatic carbocycles. The fourth-order valence-electron chi connectivity index (χ4n) is 1.59. The molecule has 0 aromatic heterocycles. The molecule has 2 rings (SSSR count). The van der Waals surface area contributed by atoms with Gasteiger partial charge >= 0.3 is 0 Å². The lowest BCUT2D eigenvalue weighted by Crippen LogP contribution is -2.02. The number of phenolic OH excluding ortho intramolecular Hbond substituents is 1. The van der Waals surface area contributed by atoms with E-state index in [1.165, 1.54) is 0 Å². The third-order valence-electron chi connectivity index (χ3n) is 2.34. The Balaban J connectivity index is 2.42. The summed E-state index contributed by atoms with van der Waals surface area (Å²) in [6.45, 7) is 1.77. The lowest BCUT2D eigenvalue weighted by Gasteiger charge is -2.08. The Hall–Kier alpha value is -1.19. The van der Waals surface area contributed by atoms with Crippen LogP contribution in [0.15, 0.2) is 41.3 Å². The molecule has 1 unspecified atom stereocenters. The summed E-state index contributed by atoms with van der Waals surface area (Å²) >= 11 is 1.61. The summed E-state index contributed by atoms with van der Waals surface area (Å²) in [5.74, 6) is 0.964. The summed E-state index contributed by atoms with van der Waals surface area (Å²) in [4.78, 5) is 1.09. The first-order valence-corrected chi connectivity index (χ1v) is 6.18. The summed E-state index contributed by atoms with van der Waals surface area (Å²) in [7, 11) is 0. The second-order valence-corrected chi connectivity index (χ2v) is 4.85. The Morgan fingerprint density at radius 1 is 1.12 bits per heavy atom. The van der Waals surface area contributed by atoms with E-state index >= 15 is 0 Å². The molecule has 84 valence electrons. The van der Waals surface area contributed by atoms with Crippen molar-refractivity contribution in [3.8, 4) is 5.75 Å². The fourth-order valence-corrected chi connectivity index (χ4v) is 2.51. The minimum absolute atomic E-state index is 0.303. The highest BCUT2D eigenvalue weighted by molar-refractivity contribution is 7.99. The normalized spacial score (nSPS) is 12.9. The van der Waals surface area contributed by atoms with Gasteiger partial charge in [-0.1, -0.05) is 24.3 Å². The maximum absolute atomic E-state index is 9.71. The molecule has 2 nitrogen and oxygen atoms in total. The van der Waals surface area contributed by atoms with Crippen molar-refractivity contribution in [3.63, 3.8) is 0 Å². The lowest BCUT2D eigenvalue weighted by molar-refractivity contribution is 0.220. The number of aliphatic hydroxyl groups is 1. The van der Waals surface area contributed by atoms with Gasteiger partial charge in [0.2, 0.25) is 0 Å². The maximum Gasteiger partial charge on any atom is 0.123 e. The van der Waals surface area contributed by atoms with Gasteiger partial charge in [0.05, 0.1) is 6.10 Å². The van der Waals surface area contributed by atoms with E-state index in [2.05, 4.69) is 0 Å². The summed E-state index contributed by atoms with van der Waals surface area (Å²) < 4.78 is 0. The van der Waals surface area contributed by atoms with Crippen LogP contribution in [0.3, 0.4) is 0 Å². The van der Waals surface area contributed by atoms with Crippen LogP contribution in [0.5, 0.6) is 5.75 Å². The van der Waals surface area contributed by atoms with Crippen LogP contribution >= 0.6 is 11.8 Å². The van der Waals surface area contributed by atoms with Crippen molar-refractivity contribution in [1.29, 1.82) is 0 Å². The highest BCUT2D eigenvalue weighted by Gasteiger charge is 2.06. The second-order valence-electron chi connectivity index (χ2n) is 3.79. The Kier molecular flexibility index (Phi) is 3.36. The molecule has 0 spiro atoms. The summed E-state index contributed by atoms with van der Waals surface area (Å²) in [5, 5.41) is 20.9. The van der Waals surface area contributed by atoms with E-state index in [9.17, 15) is 10.2 Å². The van der Waals surface area contributed by atoms with Crippen molar-refractivity contribution in [2.75, 3.05) is 5.75 Å². The van der Waals surface area contributed by atoms with E-state index in [-0.39, 0.29) is 6.10 Å². The maximum atomic E-state index is 9.71. The van der Waals surface area contributed by atoms with E-state index in [0.717, 1.165) is 15.7 Å². The molecule has 0 saturated carbocycles. The molecular formula is C13H14O2S. The molecule has 16 heavy (non-hydrogen) atoms. The predicted molar refractivity (Wildman–Crippen MR) is 68.0 cm³/mol. The van der Waals surface area contributed by atoms with Crippen LogP contribution in [0.2, 0.25) is 0 Å². The van der Waals surface area contributed by atoms with Gasteiger partial charge in [-0.3, -0.25) is 0 Å². The second kappa shape index (κ2) is 4.76. The molecule has 2 N–H and O–H groups in total. The Morgan fingerprint density at radius 3 is 2.50 bits per heavy atom. The van der Waals surface area contributed by atoms with E-state index in [1.54, 1.807) is 24.8 Å². The molecule has 0 amide bonds. The molecule has 0 bridgehead atoms. The van der Waals surface area contributed by atoms with Gasteiger partial charge in [-0.2, -0.15) is 0 Å². The minimum Gasteiger partial charge on any atom is -0.507 e. The average molecular weight is 234 g/mol. The SMILES string of the molecule is CC(O)CSc1ccc(O)c2ccccc12. The first kappa shape index (κ1) is 11.3. The Labute approximate surface area is 98.9 Å². The standard InChI is InChI=1S/C13H14O2S/c1-9(14)8-16-13-7-6-12(15)10-4-2-3-5-11(10)13/h2-7,9,14-15H,8H2,1H3. The van der Waals surface area contributed by atoms with Crippen molar-refractivity contribution in [1.82, 2.24) is 0 Å². The van der Waals surface area contributed by atoms with Crippen LogP contribution < -0.4 is 0 Å². The van der Waals surface area contributed by atoms with Crippen LogP contribution in [0.4, 0.5) is 0 Å². The monoisotopic (exact) mass is 234 g/mol. The largest absolute Gasteiger partial charge is 0.507 e. The molecule has 0 aliphatic carbocycles. The summed E-state index contributed by atoms with van der Waals surface area (Å²) in [5.41, 5.74) is 0. The van der Waals surface area contributed by atoms with Gasteiger partial charge in [-0.05, 0) is 24.4 Å². The van der Waals surface area contributed by atoms with E-state index in [4.69, 9.17) is 0 Å². The Morgan fingerprint density at radius 2 is 1.81 bits per heavy atom. The molecule has 1 atom stereocenters. The van der Waals surface area contributed by atoms with Crippen molar-refractivity contribution in [2.24, 2.45) is 0 Å². The van der Waals surface area contributed by atoms with Crippen molar-refractivity contribution in [3.05, 3.63) is 36.4 Å².